The molecule has 0 atom stereocenters. The molecule has 0 aliphatic carbocycles. The maximum absolute atomic E-state index is 4.96. The van der Waals surface area contributed by atoms with Crippen molar-refractivity contribution in [3.63, 3.8) is 0 Å². The minimum atomic E-state index is 0.726. The van der Waals surface area contributed by atoms with Gasteiger partial charge in [0.2, 0.25) is 0 Å². The molecule has 0 bridgehead atoms. The summed E-state index contributed by atoms with van der Waals surface area (Å²) in [4.78, 5) is 0. The second-order valence-corrected chi connectivity index (χ2v) is 7.01. The average Bonchev–Trinajstić information content (AvgIpc) is 2.80. The third kappa shape index (κ3) is 4.80. The summed E-state index contributed by atoms with van der Waals surface area (Å²) in [5.41, 5.74) is 6.86. The first-order valence-electron chi connectivity index (χ1n) is 9.87. The highest BCUT2D eigenvalue weighted by molar-refractivity contribution is 5.99. The molecule has 0 spiro atoms. The van der Waals surface area contributed by atoms with Crippen LogP contribution in [-0.2, 0) is 6.54 Å². The Morgan fingerprint density at radius 3 is 1.76 bits per heavy atom. The zero-order chi connectivity index (χ0) is 19.9. The predicted octanol–water partition coefficient (Wildman–Crippen LogP) is 6.78. The molecule has 4 rings (SSSR count). The molecule has 0 aliphatic rings. The van der Waals surface area contributed by atoms with Gasteiger partial charge in [-0.1, -0.05) is 103 Å². The van der Waals surface area contributed by atoms with E-state index in [0.29, 0.717) is 0 Å². The predicted molar refractivity (Wildman–Crippen MR) is 123 cm³/mol. The molecule has 0 radical (unpaired) electrons. The van der Waals surface area contributed by atoms with E-state index in [1.54, 1.807) is 0 Å². The van der Waals surface area contributed by atoms with Gasteiger partial charge in [0.05, 0.1) is 17.9 Å². The molecule has 0 saturated heterocycles. The number of para-hydroxylation sites is 1. The summed E-state index contributed by atoms with van der Waals surface area (Å²) in [7, 11) is 0. The lowest BCUT2D eigenvalue weighted by Gasteiger charge is -2.21. The summed E-state index contributed by atoms with van der Waals surface area (Å²) in [6.45, 7) is 2.79. The minimum absolute atomic E-state index is 0.726. The van der Waals surface area contributed by atoms with E-state index >= 15 is 0 Å². The van der Waals surface area contributed by atoms with Gasteiger partial charge in [-0.25, -0.2) is 0 Å². The largest absolute Gasteiger partial charge is 0.261 e. The van der Waals surface area contributed by atoms with Gasteiger partial charge in [0.25, 0.3) is 0 Å². The van der Waals surface area contributed by atoms with Crippen molar-refractivity contribution in [1.29, 1.82) is 0 Å². The number of anilines is 1. The quantitative estimate of drug-likeness (QED) is 0.267. The molecule has 29 heavy (non-hydrogen) atoms. The van der Waals surface area contributed by atoms with E-state index in [1.165, 1.54) is 16.7 Å². The number of hydrogen-bond acceptors (Lipinski definition) is 2. The Hall–Kier alpha value is -3.65. The number of hydrogen-bond donors (Lipinski definition) is 0. The molecule has 0 N–H and O–H groups in total. The number of benzene rings is 4. The Morgan fingerprint density at radius 1 is 0.621 bits per heavy atom. The number of hydrazone groups is 1. The van der Waals surface area contributed by atoms with Crippen LogP contribution < -0.4 is 5.01 Å². The average molecular weight is 377 g/mol. The van der Waals surface area contributed by atoms with E-state index in [-0.39, 0.29) is 0 Å². The molecule has 0 saturated carbocycles. The molecular weight excluding hydrogens is 352 g/mol. The first-order chi connectivity index (χ1) is 14.3. The second-order valence-electron chi connectivity index (χ2n) is 7.01. The lowest BCUT2D eigenvalue weighted by molar-refractivity contribution is 0.854. The summed E-state index contributed by atoms with van der Waals surface area (Å²) >= 11 is 0. The fourth-order valence-electron chi connectivity index (χ4n) is 3.31. The van der Waals surface area contributed by atoms with E-state index in [2.05, 4.69) is 96.9 Å². The van der Waals surface area contributed by atoms with Crippen molar-refractivity contribution in [3.8, 4) is 11.1 Å². The van der Waals surface area contributed by atoms with Crippen LogP contribution in [0.1, 0.15) is 18.1 Å². The smallest absolute Gasteiger partial charge is 0.0666 e. The molecular formula is C27H24N2. The van der Waals surface area contributed by atoms with E-state index in [1.807, 2.05) is 30.3 Å². The van der Waals surface area contributed by atoms with Gasteiger partial charge in [0.1, 0.15) is 0 Å². The summed E-state index contributed by atoms with van der Waals surface area (Å²) in [6, 6.07) is 39.8. The summed E-state index contributed by atoms with van der Waals surface area (Å²) in [5, 5.41) is 7.03. The molecule has 0 unspecified atom stereocenters. The van der Waals surface area contributed by atoms with Crippen molar-refractivity contribution >= 4 is 11.4 Å². The minimum Gasteiger partial charge on any atom is -0.261 e. The van der Waals surface area contributed by atoms with Crippen molar-refractivity contribution in [2.24, 2.45) is 5.10 Å². The number of nitrogens with zero attached hydrogens (tertiary/aromatic N) is 2. The van der Waals surface area contributed by atoms with E-state index in [0.717, 1.165) is 23.5 Å². The fraction of sp³-hybridized carbons (Fsp3) is 0.0741. The van der Waals surface area contributed by atoms with Crippen molar-refractivity contribution < 1.29 is 0 Å². The lowest BCUT2D eigenvalue weighted by atomic mass is 10.0. The Labute approximate surface area is 172 Å². The second kappa shape index (κ2) is 9.03. The first-order valence-corrected chi connectivity index (χ1v) is 9.87. The maximum Gasteiger partial charge on any atom is 0.0666 e. The molecule has 0 aromatic heterocycles. The van der Waals surface area contributed by atoms with Crippen LogP contribution >= 0.6 is 0 Å². The van der Waals surface area contributed by atoms with Crippen LogP contribution in [0.5, 0.6) is 0 Å². The van der Waals surface area contributed by atoms with E-state index in [9.17, 15) is 0 Å². The Morgan fingerprint density at radius 2 is 1.14 bits per heavy atom. The molecule has 0 fully saturated rings. The topological polar surface area (TPSA) is 15.6 Å². The highest BCUT2D eigenvalue weighted by Crippen LogP contribution is 2.21. The van der Waals surface area contributed by atoms with E-state index in [4.69, 9.17) is 5.10 Å². The van der Waals surface area contributed by atoms with Gasteiger partial charge < -0.3 is 0 Å². The van der Waals surface area contributed by atoms with Crippen LogP contribution in [0.2, 0.25) is 0 Å². The van der Waals surface area contributed by atoms with Crippen molar-refractivity contribution in [3.05, 3.63) is 126 Å². The van der Waals surface area contributed by atoms with Gasteiger partial charge in [-0.3, -0.25) is 5.01 Å². The van der Waals surface area contributed by atoms with Crippen LogP contribution in [0, 0.1) is 0 Å². The Bertz CT molecular complexity index is 1050. The molecule has 0 aliphatic heterocycles. The van der Waals surface area contributed by atoms with Crippen LogP contribution in [-0.4, -0.2) is 5.71 Å². The SMILES string of the molecule is C/C(=N\N(Cc1ccccc1)c1ccccc1)c1ccc(-c2ccccc2)cc1. The Kier molecular flexibility index (Phi) is 5.82. The summed E-state index contributed by atoms with van der Waals surface area (Å²) < 4.78 is 0. The monoisotopic (exact) mass is 376 g/mol. The maximum atomic E-state index is 4.96. The van der Waals surface area contributed by atoms with Crippen molar-refractivity contribution in [2.45, 2.75) is 13.5 Å². The third-order valence-corrected chi connectivity index (χ3v) is 4.91. The van der Waals surface area contributed by atoms with Gasteiger partial charge in [0, 0.05) is 0 Å². The summed E-state index contributed by atoms with van der Waals surface area (Å²) in [6.07, 6.45) is 0. The van der Waals surface area contributed by atoms with Crippen LogP contribution in [0.25, 0.3) is 11.1 Å². The van der Waals surface area contributed by atoms with Gasteiger partial charge >= 0.3 is 0 Å². The summed E-state index contributed by atoms with van der Waals surface area (Å²) in [5.74, 6) is 0. The fourth-order valence-corrected chi connectivity index (χ4v) is 3.31. The highest BCUT2D eigenvalue weighted by Gasteiger charge is 2.08. The third-order valence-electron chi connectivity index (χ3n) is 4.91. The van der Waals surface area contributed by atoms with Gasteiger partial charge in [0.15, 0.2) is 0 Å². The van der Waals surface area contributed by atoms with Crippen molar-refractivity contribution in [1.82, 2.24) is 0 Å². The highest BCUT2D eigenvalue weighted by atomic mass is 15.5. The van der Waals surface area contributed by atoms with Gasteiger partial charge in [-0.05, 0) is 41.3 Å². The standard InChI is InChI=1S/C27H24N2/c1-22(24-17-19-26(20-18-24)25-13-7-3-8-14-25)28-29(27-15-9-4-10-16-27)21-23-11-5-2-6-12-23/h2-20H,21H2,1H3/b28-22+. The van der Waals surface area contributed by atoms with Gasteiger partial charge in [-0.15, -0.1) is 0 Å². The molecule has 0 heterocycles. The van der Waals surface area contributed by atoms with Crippen LogP contribution in [0.15, 0.2) is 120 Å². The van der Waals surface area contributed by atoms with Crippen LogP contribution in [0.3, 0.4) is 0 Å². The molecule has 0 amide bonds. The first kappa shape index (κ1) is 18.7. The van der Waals surface area contributed by atoms with Gasteiger partial charge in [-0.2, -0.15) is 5.10 Å². The zero-order valence-corrected chi connectivity index (χ0v) is 16.6. The molecule has 4 aromatic carbocycles. The Balaban J connectivity index is 1.61. The van der Waals surface area contributed by atoms with Crippen molar-refractivity contribution in [2.75, 3.05) is 5.01 Å². The number of rotatable bonds is 6. The normalized spacial score (nSPS) is 11.3. The van der Waals surface area contributed by atoms with Crippen LogP contribution in [0.4, 0.5) is 5.69 Å². The lowest BCUT2D eigenvalue weighted by Crippen LogP contribution is -2.18. The van der Waals surface area contributed by atoms with E-state index < -0.39 is 0 Å². The zero-order valence-electron chi connectivity index (χ0n) is 16.6. The molecule has 142 valence electrons. The molecule has 2 nitrogen and oxygen atoms in total. The molecule has 2 heteroatoms. The molecule has 4 aromatic rings.